The molecule has 164 valence electrons. The zero-order valence-corrected chi connectivity index (χ0v) is 18.4. The molecular formula is C21H19N5O4S2. The van der Waals surface area contributed by atoms with Crippen molar-refractivity contribution >= 4 is 59.9 Å². The van der Waals surface area contributed by atoms with E-state index in [1.165, 1.54) is 23.5 Å². The maximum atomic E-state index is 12.9. The second kappa shape index (κ2) is 8.10. The summed E-state index contributed by atoms with van der Waals surface area (Å²) in [5.41, 5.74) is 1.21. The number of nitrogens with one attached hydrogen (secondary N) is 1. The van der Waals surface area contributed by atoms with E-state index in [1.54, 1.807) is 23.2 Å². The number of hydrogen-bond donors (Lipinski definition) is 2. The molecule has 5 rings (SSSR count). The minimum atomic E-state index is -3.82. The number of amides is 1. The van der Waals surface area contributed by atoms with Gasteiger partial charge in [-0.1, -0.05) is 6.07 Å². The fourth-order valence-corrected chi connectivity index (χ4v) is 5.17. The van der Waals surface area contributed by atoms with Crippen molar-refractivity contribution in [3.63, 3.8) is 0 Å². The number of primary sulfonamides is 1. The van der Waals surface area contributed by atoms with Crippen molar-refractivity contribution in [2.45, 2.75) is 4.90 Å². The van der Waals surface area contributed by atoms with E-state index in [0.717, 1.165) is 15.5 Å². The summed E-state index contributed by atoms with van der Waals surface area (Å²) in [6.45, 7) is 2.27. The zero-order chi connectivity index (χ0) is 22.3. The van der Waals surface area contributed by atoms with Crippen molar-refractivity contribution in [1.82, 2.24) is 14.9 Å². The van der Waals surface area contributed by atoms with Crippen LogP contribution in [0.15, 0.2) is 53.6 Å². The fourth-order valence-electron chi connectivity index (χ4n) is 3.58. The number of benzene rings is 2. The average Bonchev–Trinajstić information content (AvgIpc) is 3.24. The van der Waals surface area contributed by atoms with Gasteiger partial charge in [-0.3, -0.25) is 4.79 Å². The lowest BCUT2D eigenvalue weighted by Crippen LogP contribution is -2.40. The third-order valence-electron chi connectivity index (χ3n) is 5.18. The maximum absolute atomic E-state index is 12.9. The topological polar surface area (TPSA) is 128 Å². The van der Waals surface area contributed by atoms with Gasteiger partial charge >= 0.3 is 0 Å². The van der Waals surface area contributed by atoms with E-state index in [4.69, 9.17) is 9.88 Å². The number of anilines is 2. The van der Waals surface area contributed by atoms with Crippen LogP contribution in [-0.4, -0.2) is 55.5 Å². The van der Waals surface area contributed by atoms with Crippen LogP contribution in [0, 0.1) is 0 Å². The van der Waals surface area contributed by atoms with E-state index >= 15 is 0 Å². The maximum Gasteiger partial charge on any atom is 0.264 e. The van der Waals surface area contributed by atoms with E-state index in [-0.39, 0.29) is 10.8 Å². The largest absolute Gasteiger partial charge is 0.378 e. The van der Waals surface area contributed by atoms with E-state index in [2.05, 4.69) is 15.3 Å². The number of rotatable bonds is 4. The summed E-state index contributed by atoms with van der Waals surface area (Å²) in [5.74, 6) is 0.304. The molecule has 4 aromatic rings. The van der Waals surface area contributed by atoms with Gasteiger partial charge in [-0.05, 0) is 36.4 Å². The lowest BCUT2D eigenvalue weighted by atomic mass is 10.1. The van der Waals surface area contributed by atoms with Crippen LogP contribution in [0.3, 0.4) is 0 Å². The number of thiophene rings is 1. The minimum absolute atomic E-state index is 0.00476. The number of sulfonamides is 1. The zero-order valence-electron chi connectivity index (χ0n) is 16.8. The van der Waals surface area contributed by atoms with Crippen molar-refractivity contribution in [1.29, 1.82) is 0 Å². The molecule has 1 amide bonds. The first kappa shape index (κ1) is 20.8. The number of carbonyl (C=O) groups is 1. The molecule has 3 N–H and O–H groups in total. The van der Waals surface area contributed by atoms with Gasteiger partial charge in [-0.15, -0.1) is 11.3 Å². The Morgan fingerprint density at radius 3 is 2.75 bits per heavy atom. The smallest absolute Gasteiger partial charge is 0.264 e. The molecule has 3 heterocycles. The van der Waals surface area contributed by atoms with Gasteiger partial charge in [0.25, 0.3) is 5.91 Å². The molecule has 0 spiro atoms. The third-order valence-corrected chi connectivity index (χ3v) is 7.17. The molecule has 1 saturated heterocycles. The van der Waals surface area contributed by atoms with Gasteiger partial charge in [-0.25, -0.2) is 23.5 Å². The lowest BCUT2D eigenvalue weighted by Gasteiger charge is -2.26. The summed E-state index contributed by atoms with van der Waals surface area (Å²) in [7, 11) is -3.82. The van der Waals surface area contributed by atoms with Crippen molar-refractivity contribution in [2.24, 2.45) is 5.14 Å². The number of morpholine rings is 1. The molecule has 9 nitrogen and oxygen atoms in total. The molecule has 1 aliphatic rings. The van der Waals surface area contributed by atoms with E-state index in [0.29, 0.717) is 48.3 Å². The Morgan fingerprint density at radius 1 is 1.16 bits per heavy atom. The fraction of sp³-hybridized carbons (Fsp3) is 0.190. The molecule has 0 bridgehead atoms. The highest BCUT2D eigenvalue weighted by molar-refractivity contribution is 7.89. The second-order valence-electron chi connectivity index (χ2n) is 7.32. The van der Waals surface area contributed by atoms with Crippen LogP contribution < -0.4 is 10.5 Å². The number of hydrogen-bond acceptors (Lipinski definition) is 8. The van der Waals surface area contributed by atoms with E-state index in [9.17, 15) is 13.2 Å². The Morgan fingerprint density at radius 2 is 1.97 bits per heavy atom. The lowest BCUT2D eigenvalue weighted by molar-refractivity contribution is 0.0306. The predicted molar refractivity (Wildman–Crippen MR) is 123 cm³/mol. The quantitative estimate of drug-likeness (QED) is 0.470. The van der Waals surface area contributed by atoms with Gasteiger partial charge < -0.3 is 15.0 Å². The first-order valence-electron chi connectivity index (χ1n) is 9.85. The Labute approximate surface area is 187 Å². The minimum Gasteiger partial charge on any atom is -0.378 e. The summed E-state index contributed by atoms with van der Waals surface area (Å²) >= 11 is 1.43. The van der Waals surface area contributed by atoms with Crippen LogP contribution in [0.5, 0.6) is 0 Å². The Balaban J connectivity index is 1.50. The molecule has 0 radical (unpaired) electrons. The highest BCUT2D eigenvalue weighted by atomic mass is 32.2. The van der Waals surface area contributed by atoms with Crippen molar-refractivity contribution in [2.75, 3.05) is 31.6 Å². The Bertz CT molecular complexity index is 1450. The van der Waals surface area contributed by atoms with Gasteiger partial charge in [0.2, 0.25) is 16.0 Å². The van der Waals surface area contributed by atoms with Crippen LogP contribution >= 0.6 is 11.3 Å². The molecule has 32 heavy (non-hydrogen) atoms. The molecule has 1 fully saturated rings. The summed E-state index contributed by atoms with van der Waals surface area (Å²) in [6.07, 6.45) is 1.69. The van der Waals surface area contributed by atoms with Crippen LogP contribution in [0.4, 0.5) is 11.6 Å². The highest BCUT2D eigenvalue weighted by Gasteiger charge is 2.21. The molecule has 2 aromatic heterocycles. The van der Waals surface area contributed by atoms with Crippen LogP contribution in [0.25, 0.3) is 21.0 Å². The number of nitrogens with two attached hydrogens (primary N) is 1. The van der Waals surface area contributed by atoms with Gasteiger partial charge in [0, 0.05) is 40.4 Å². The van der Waals surface area contributed by atoms with Gasteiger partial charge in [-0.2, -0.15) is 0 Å². The standard InChI is InChI=1S/C21H19N5O4S2/c22-32(28,29)15-3-1-2-14(10-15)24-21-23-12-13-4-5-17-16(19(13)25-21)11-18(31-17)20(27)26-6-8-30-9-7-26/h1-5,10-12H,6-9H2,(H2,22,28,29)(H,23,24,25). The predicted octanol–water partition coefficient (Wildman–Crippen LogP) is 2.71. The monoisotopic (exact) mass is 469 g/mol. The number of fused-ring (bicyclic) bond motifs is 3. The molecule has 0 unspecified atom stereocenters. The first-order valence-corrected chi connectivity index (χ1v) is 12.2. The van der Waals surface area contributed by atoms with Crippen molar-refractivity contribution < 1.29 is 17.9 Å². The van der Waals surface area contributed by atoms with Gasteiger partial charge in [0.1, 0.15) is 0 Å². The second-order valence-corrected chi connectivity index (χ2v) is 9.97. The highest BCUT2D eigenvalue weighted by Crippen LogP contribution is 2.32. The summed E-state index contributed by atoms with van der Waals surface area (Å²) in [5, 5.41) is 9.95. The Hall–Kier alpha value is -3.12. The molecule has 0 saturated carbocycles. The van der Waals surface area contributed by atoms with Crippen LogP contribution in [-0.2, 0) is 14.8 Å². The SMILES string of the molecule is NS(=O)(=O)c1cccc(Nc2ncc3ccc4sc(C(=O)N5CCOCC5)cc4c3n2)c1. The van der Waals surface area contributed by atoms with Gasteiger partial charge in [0.05, 0.1) is 28.5 Å². The molecule has 0 aliphatic carbocycles. The van der Waals surface area contributed by atoms with Crippen molar-refractivity contribution in [3.8, 4) is 0 Å². The van der Waals surface area contributed by atoms with Gasteiger partial charge in [0.15, 0.2) is 0 Å². The first-order chi connectivity index (χ1) is 15.4. The Kier molecular flexibility index (Phi) is 5.25. The molecule has 0 atom stereocenters. The summed E-state index contributed by atoms with van der Waals surface area (Å²) in [4.78, 5) is 24.3. The van der Waals surface area contributed by atoms with Crippen LogP contribution in [0.2, 0.25) is 0 Å². The molecule has 1 aliphatic heterocycles. The molecule has 11 heteroatoms. The third kappa shape index (κ3) is 4.02. The summed E-state index contributed by atoms with van der Waals surface area (Å²) in [6, 6.07) is 11.9. The normalized spacial score (nSPS) is 14.7. The number of ether oxygens (including phenoxy) is 1. The van der Waals surface area contributed by atoms with E-state index in [1.807, 2.05) is 18.2 Å². The number of nitrogens with zero attached hydrogens (tertiary/aromatic N) is 3. The van der Waals surface area contributed by atoms with Crippen LogP contribution in [0.1, 0.15) is 9.67 Å². The van der Waals surface area contributed by atoms with Crippen molar-refractivity contribution in [3.05, 3.63) is 53.5 Å². The molecular weight excluding hydrogens is 450 g/mol. The average molecular weight is 470 g/mol. The summed E-state index contributed by atoms with van der Waals surface area (Å²) < 4.78 is 29.5. The number of aromatic nitrogens is 2. The molecule has 2 aromatic carbocycles. The van der Waals surface area contributed by atoms with E-state index < -0.39 is 10.0 Å². The number of carbonyl (C=O) groups excluding carboxylic acids is 1.